The molecular weight excluding hydrogens is 376 g/mol. The number of hydrogen-bond acceptors (Lipinski definition) is 5. The number of rotatable bonds is 4. The van der Waals surface area contributed by atoms with Gasteiger partial charge >= 0.3 is 0 Å². The van der Waals surface area contributed by atoms with E-state index in [2.05, 4.69) is 20.2 Å². The number of nitrogens with one attached hydrogen (secondary N) is 1. The summed E-state index contributed by atoms with van der Waals surface area (Å²) in [5, 5.41) is 2.84. The maximum Gasteiger partial charge on any atom is 0.274 e. The van der Waals surface area contributed by atoms with Crippen LogP contribution in [-0.4, -0.2) is 47.0 Å². The smallest absolute Gasteiger partial charge is 0.274 e. The fourth-order valence-corrected chi connectivity index (χ4v) is 3.19. The van der Waals surface area contributed by atoms with Gasteiger partial charge in [0.25, 0.3) is 5.91 Å². The second-order valence-corrected chi connectivity index (χ2v) is 6.65. The van der Waals surface area contributed by atoms with Crippen molar-refractivity contribution in [1.82, 2.24) is 14.9 Å². The Bertz CT molecular complexity index is 987. The summed E-state index contributed by atoms with van der Waals surface area (Å²) >= 11 is 0. The number of carbonyl (C=O) groups is 1. The van der Waals surface area contributed by atoms with Crippen molar-refractivity contribution in [2.75, 3.05) is 36.4 Å². The van der Waals surface area contributed by atoms with Gasteiger partial charge in [-0.25, -0.2) is 18.7 Å². The van der Waals surface area contributed by atoms with E-state index < -0.39 is 5.82 Å². The zero-order valence-electron chi connectivity index (χ0n) is 15.6. The molecule has 2 aromatic carbocycles. The first-order valence-corrected chi connectivity index (χ1v) is 9.23. The van der Waals surface area contributed by atoms with E-state index in [9.17, 15) is 13.6 Å². The first kappa shape index (κ1) is 18.8. The van der Waals surface area contributed by atoms with Gasteiger partial charge in [0.2, 0.25) is 0 Å². The summed E-state index contributed by atoms with van der Waals surface area (Å²) < 4.78 is 26.8. The summed E-state index contributed by atoms with van der Waals surface area (Å²) in [6, 6.07) is 12.6. The number of para-hydroxylation sites is 1. The van der Waals surface area contributed by atoms with E-state index in [-0.39, 0.29) is 23.1 Å². The number of piperazine rings is 1. The Kier molecular flexibility index (Phi) is 5.33. The summed E-state index contributed by atoms with van der Waals surface area (Å²) in [6.07, 6.45) is 2.80. The maximum atomic E-state index is 13.7. The number of nitrogens with zero attached hydrogens (tertiary/aromatic N) is 4. The highest BCUT2D eigenvalue weighted by molar-refractivity contribution is 5.92. The lowest BCUT2D eigenvalue weighted by atomic mass is 10.2. The predicted molar refractivity (Wildman–Crippen MR) is 106 cm³/mol. The molecule has 1 aliphatic rings. The predicted octanol–water partition coefficient (Wildman–Crippen LogP) is 3.46. The molecular formula is C21H19F2N5O. The van der Waals surface area contributed by atoms with Crippen LogP contribution in [0.25, 0.3) is 0 Å². The van der Waals surface area contributed by atoms with Crippen LogP contribution in [0.3, 0.4) is 0 Å². The van der Waals surface area contributed by atoms with Crippen molar-refractivity contribution in [1.29, 1.82) is 0 Å². The molecule has 1 fully saturated rings. The average Bonchev–Trinajstić information content (AvgIpc) is 2.76. The van der Waals surface area contributed by atoms with Gasteiger partial charge in [-0.15, -0.1) is 0 Å². The maximum absolute atomic E-state index is 13.7. The number of halogens is 2. The van der Waals surface area contributed by atoms with Crippen molar-refractivity contribution < 1.29 is 13.6 Å². The third kappa shape index (κ3) is 4.31. The van der Waals surface area contributed by atoms with Crippen LogP contribution in [0.15, 0.2) is 60.9 Å². The normalized spacial score (nSPS) is 14.0. The number of carbonyl (C=O) groups excluding carboxylic acids is 1. The molecule has 0 spiro atoms. The van der Waals surface area contributed by atoms with Crippen LogP contribution in [0, 0.1) is 11.6 Å². The van der Waals surface area contributed by atoms with E-state index in [0.717, 1.165) is 5.69 Å². The zero-order valence-corrected chi connectivity index (χ0v) is 15.6. The minimum absolute atomic E-state index is 0.200. The lowest BCUT2D eigenvalue weighted by Crippen LogP contribution is -2.49. The molecule has 0 bridgehead atoms. The summed E-state index contributed by atoms with van der Waals surface area (Å²) in [5.41, 5.74) is 1.46. The number of benzene rings is 2. The van der Waals surface area contributed by atoms with Gasteiger partial charge < -0.3 is 15.1 Å². The molecule has 0 aliphatic carbocycles. The monoisotopic (exact) mass is 395 g/mol. The Morgan fingerprint density at radius 1 is 0.897 bits per heavy atom. The number of anilines is 3. The Morgan fingerprint density at radius 2 is 1.62 bits per heavy atom. The third-order valence-corrected chi connectivity index (χ3v) is 4.77. The highest BCUT2D eigenvalue weighted by Gasteiger charge is 2.23. The van der Waals surface area contributed by atoms with Crippen LogP contribution < -0.4 is 10.2 Å². The van der Waals surface area contributed by atoms with Gasteiger partial charge in [0.05, 0.1) is 18.1 Å². The quantitative estimate of drug-likeness (QED) is 0.733. The van der Waals surface area contributed by atoms with Gasteiger partial charge in [0, 0.05) is 31.9 Å². The van der Waals surface area contributed by atoms with Gasteiger partial charge in [0.1, 0.15) is 23.1 Å². The molecule has 0 saturated carbocycles. The Balaban J connectivity index is 1.36. The molecule has 1 amide bonds. The standard InChI is InChI=1S/C21H19F2N5O/c22-15-5-7-16(8-6-15)27-9-11-28(12-10-27)21(29)19-13-25-20(14-24-19)26-18-4-2-1-3-17(18)23/h1-8,13-14H,9-12H2,(H,25,26). The molecule has 2 heterocycles. The molecule has 4 rings (SSSR count). The van der Waals surface area contributed by atoms with E-state index in [0.29, 0.717) is 32.0 Å². The Morgan fingerprint density at radius 3 is 2.28 bits per heavy atom. The molecule has 0 unspecified atom stereocenters. The first-order chi connectivity index (χ1) is 14.1. The summed E-state index contributed by atoms with van der Waals surface area (Å²) in [4.78, 5) is 24.9. The topological polar surface area (TPSA) is 61.4 Å². The van der Waals surface area contributed by atoms with E-state index >= 15 is 0 Å². The Labute approximate surface area is 166 Å². The van der Waals surface area contributed by atoms with Crippen LogP contribution in [0.2, 0.25) is 0 Å². The van der Waals surface area contributed by atoms with E-state index in [1.807, 2.05) is 0 Å². The van der Waals surface area contributed by atoms with Crippen molar-refractivity contribution in [2.45, 2.75) is 0 Å². The van der Waals surface area contributed by atoms with E-state index in [1.54, 1.807) is 35.2 Å². The largest absolute Gasteiger partial charge is 0.368 e. The number of aromatic nitrogens is 2. The van der Waals surface area contributed by atoms with Gasteiger partial charge in [0.15, 0.2) is 0 Å². The second-order valence-electron chi connectivity index (χ2n) is 6.65. The summed E-state index contributed by atoms with van der Waals surface area (Å²) in [5.74, 6) is -0.510. The van der Waals surface area contributed by atoms with Crippen molar-refractivity contribution in [3.8, 4) is 0 Å². The van der Waals surface area contributed by atoms with Gasteiger partial charge in [-0.1, -0.05) is 12.1 Å². The SMILES string of the molecule is O=C(c1cnc(Nc2ccccc2F)cn1)N1CCN(c2ccc(F)cc2)CC1. The van der Waals surface area contributed by atoms with Crippen molar-refractivity contribution >= 4 is 23.1 Å². The lowest BCUT2D eigenvalue weighted by Gasteiger charge is -2.35. The van der Waals surface area contributed by atoms with Gasteiger partial charge in [-0.3, -0.25) is 4.79 Å². The van der Waals surface area contributed by atoms with Crippen LogP contribution in [0.5, 0.6) is 0 Å². The molecule has 8 heteroatoms. The third-order valence-electron chi connectivity index (χ3n) is 4.77. The Hall–Kier alpha value is -3.55. The van der Waals surface area contributed by atoms with Crippen LogP contribution in [-0.2, 0) is 0 Å². The fraction of sp³-hybridized carbons (Fsp3) is 0.190. The van der Waals surface area contributed by atoms with Crippen LogP contribution in [0.1, 0.15) is 10.5 Å². The molecule has 148 valence electrons. The molecule has 1 aliphatic heterocycles. The van der Waals surface area contributed by atoms with Gasteiger partial charge in [-0.2, -0.15) is 0 Å². The zero-order chi connectivity index (χ0) is 20.2. The number of hydrogen-bond donors (Lipinski definition) is 1. The fourth-order valence-electron chi connectivity index (χ4n) is 3.19. The molecule has 6 nitrogen and oxygen atoms in total. The van der Waals surface area contributed by atoms with Crippen LogP contribution >= 0.6 is 0 Å². The van der Waals surface area contributed by atoms with Crippen molar-refractivity contribution in [3.05, 3.63) is 78.3 Å². The molecule has 3 aromatic rings. The summed E-state index contributed by atoms with van der Waals surface area (Å²) in [7, 11) is 0. The molecule has 0 atom stereocenters. The molecule has 1 N–H and O–H groups in total. The highest BCUT2D eigenvalue weighted by atomic mass is 19.1. The van der Waals surface area contributed by atoms with Crippen molar-refractivity contribution in [3.63, 3.8) is 0 Å². The molecule has 1 saturated heterocycles. The van der Waals surface area contributed by atoms with Gasteiger partial charge in [-0.05, 0) is 36.4 Å². The van der Waals surface area contributed by atoms with E-state index in [4.69, 9.17) is 0 Å². The first-order valence-electron chi connectivity index (χ1n) is 9.23. The number of amides is 1. The minimum atomic E-state index is -0.395. The average molecular weight is 395 g/mol. The minimum Gasteiger partial charge on any atom is -0.368 e. The summed E-state index contributed by atoms with van der Waals surface area (Å²) in [6.45, 7) is 2.37. The second kappa shape index (κ2) is 8.22. The molecule has 29 heavy (non-hydrogen) atoms. The van der Waals surface area contributed by atoms with Crippen LogP contribution in [0.4, 0.5) is 26.0 Å². The van der Waals surface area contributed by atoms with Crippen molar-refractivity contribution in [2.24, 2.45) is 0 Å². The lowest BCUT2D eigenvalue weighted by molar-refractivity contribution is 0.0740. The van der Waals surface area contributed by atoms with E-state index in [1.165, 1.54) is 30.6 Å². The molecule has 0 radical (unpaired) electrons. The highest BCUT2D eigenvalue weighted by Crippen LogP contribution is 2.19. The molecule has 1 aromatic heterocycles.